The Balaban J connectivity index is 1.18. The Morgan fingerprint density at radius 2 is 1.41 bits per heavy atom. The molecule has 0 radical (unpaired) electrons. The second kappa shape index (κ2) is 10.6. The van der Waals surface area contributed by atoms with Crippen LogP contribution in [0.3, 0.4) is 0 Å². The lowest BCUT2D eigenvalue weighted by Gasteiger charge is -2.31. The summed E-state index contributed by atoms with van der Waals surface area (Å²) < 4.78 is 5.41. The van der Waals surface area contributed by atoms with Crippen LogP contribution >= 0.6 is 0 Å². The minimum absolute atomic E-state index is 0.0309. The highest BCUT2D eigenvalue weighted by atomic mass is 16.6. The molecule has 2 amide bonds. The van der Waals surface area contributed by atoms with Crippen LogP contribution in [0.1, 0.15) is 18.4 Å². The average Bonchev–Trinajstić information content (AvgIpc) is 2.85. The molecule has 1 N–H and O–H groups in total. The topological polar surface area (TPSA) is 58.6 Å². The Bertz CT molecular complexity index is 1010. The van der Waals surface area contributed by atoms with E-state index in [1.54, 1.807) is 17.0 Å². The van der Waals surface area contributed by atoms with Crippen LogP contribution in [0, 0.1) is 5.92 Å². The lowest BCUT2D eigenvalue weighted by molar-refractivity contribution is -0.120. The van der Waals surface area contributed by atoms with Gasteiger partial charge in [-0.2, -0.15) is 0 Å². The zero-order valence-electron chi connectivity index (χ0n) is 18.1. The van der Waals surface area contributed by atoms with Crippen molar-refractivity contribution in [1.82, 2.24) is 10.2 Å². The van der Waals surface area contributed by atoms with Crippen molar-refractivity contribution in [3.05, 3.63) is 90.5 Å². The van der Waals surface area contributed by atoms with E-state index in [4.69, 9.17) is 4.74 Å². The molecule has 0 aromatic heterocycles. The Hall–Kier alpha value is -3.60. The number of nitrogens with zero attached hydrogens (tertiary/aromatic N) is 1. The third-order valence-electron chi connectivity index (χ3n) is 5.83. The molecule has 1 fully saturated rings. The van der Waals surface area contributed by atoms with Gasteiger partial charge in [0.05, 0.1) is 6.42 Å². The summed E-state index contributed by atoms with van der Waals surface area (Å²) in [6, 6.07) is 27.5. The van der Waals surface area contributed by atoms with E-state index in [9.17, 15) is 9.59 Å². The highest BCUT2D eigenvalue weighted by Gasteiger charge is 2.24. The summed E-state index contributed by atoms with van der Waals surface area (Å²) in [6.45, 7) is 1.93. The van der Waals surface area contributed by atoms with Gasteiger partial charge in [0.25, 0.3) is 0 Å². The molecular formula is C27H28N2O3. The summed E-state index contributed by atoms with van der Waals surface area (Å²) in [5, 5.41) is 3.06. The number of carbonyl (C=O) groups is 2. The van der Waals surface area contributed by atoms with Crippen molar-refractivity contribution in [2.24, 2.45) is 5.92 Å². The Kier molecular flexibility index (Phi) is 7.18. The van der Waals surface area contributed by atoms with E-state index in [1.807, 2.05) is 48.5 Å². The molecule has 1 aliphatic rings. The maximum Gasteiger partial charge on any atom is 0.415 e. The SMILES string of the molecule is O=C(Cc1ccc(-c2ccccc2)cc1)NCC1CCN(C(=O)Oc2ccccc2)CC1. The molecule has 0 aliphatic carbocycles. The molecule has 1 heterocycles. The molecule has 0 bridgehead atoms. The molecule has 0 unspecified atom stereocenters. The van der Waals surface area contributed by atoms with Gasteiger partial charge in [0, 0.05) is 19.6 Å². The number of amides is 2. The number of nitrogens with one attached hydrogen (secondary N) is 1. The van der Waals surface area contributed by atoms with Crippen molar-refractivity contribution in [3.8, 4) is 16.9 Å². The van der Waals surface area contributed by atoms with Crippen LogP contribution in [0.25, 0.3) is 11.1 Å². The van der Waals surface area contributed by atoms with Gasteiger partial charge in [-0.05, 0) is 47.6 Å². The summed E-state index contributed by atoms with van der Waals surface area (Å²) in [5.41, 5.74) is 3.32. The number of hydrogen-bond donors (Lipinski definition) is 1. The van der Waals surface area contributed by atoms with Gasteiger partial charge < -0.3 is 15.0 Å². The van der Waals surface area contributed by atoms with Crippen LogP contribution < -0.4 is 10.1 Å². The molecule has 3 aromatic carbocycles. The fraction of sp³-hybridized carbons (Fsp3) is 0.259. The van der Waals surface area contributed by atoms with Crippen LogP contribution in [-0.2, 0) is 11.2 Å². The number of carbonyl (C=O) groups excluding carboxylic acids is 2. The molecule has 5 nitrogen and oxygen atoms in total. The highest BCUT2D eigenvalue weighted by Crippen LogP contribution is 2.20. The number of ether oxygens (including phenoxy) is 1. The van der Waals surface area contributed by atoms with E-state index in [1.165, 1.54) is 5.56 Å². The first-order chi connectivity index (χ1) is 15.7. The fourth-order valence-electron chi connectivity index (χ4n) is 3.93. The predicted molar refractivity (Wildman–Crippen MR) is 125 cm³/mol. The third kappa shape index (κ3) is 5.97. The summed E-state index contributed by atoms with van der Waals surface area (Å²) >= 11 is 0. The van der Waals surface area contributed by atoms with Crippen molar-refractivity contribution in [2.45, 2.75) is 19.3 Å². The van der Waals surface area contributed by atoms with Crippen LogP contribution in [0.5, 0.6) is 5.75 Å². The van der Waals surface area contributed by atoms with Crippen molar-refractivity contribution in [3.63, 3.8) is 0 Å². The van der Waals surface area contributed by atoms with Crippen LogP contribution in [-0.4, -0.2) is 36.5 Å². The highest BCUT2D eigenvalue weighted by molar-refractivity contribution is 5.79. The minimum Gasteiger partial charge on any atom is -0.410 e. The monoisotopic (exact) mass is 428 g/mol. The van der Waals surface area contributed by atoms with E-state index < -0.39 is 0 Å². The summed E-state index contributed by atoms with van der Waals surface area (Å²) in [6.07, 6.45) is 1.78. The van der Waals surface area contributed by atoms with Gasteiger partial charge >= 0.3 is 6.09 Å². The number of hydrogen-bond acceptors (Lipinski definition) is 3. The molecule has 0 saturated carbocycles. The van der Waals surface area contributed by atoms with E-state index >= 15 is 0 Å². The maximum absolute atomic E-state index is 12.4. The molecule has 4 rings (SSSR count). The molecule has 0 atom stereocenters. The molecule has 5 heteroatoms. The Morgan fingerprint density at radius 1 is 0.812 bits per heavy atom. The first-order valence-corrected chi connectivity index (χ1v) is 11.1. The molecule has 1 aliphatic heterocycles. The van der Waals surface area contributed by atoms with E-state index in [0.717, 1.165) is 24.0 Å². The predicted octanol–water partition coefficient (Wildman–Crippen LogP) is 4.92. The van der Waals surface area contributed by atoms with Crippen molar-refractivity contribution >= 4 is 12.0 Å². The van der Waals surface area contributed by atoms with Gasteiger partial charge in [-0.25, -0.2) is 4.79 Å². The minimum atomic E-state index is -0.308. The van der Waals surface area contributed by atoms with Crippen LogP contribution in [0.15, 0.2) is 84.9 Å². The lowest BCUT2D eigenvalue weighted by Crippen LogP contribution is -2.42. The van der Waals surface area contributed by atoms with Gasteiger partial charge in [0.2, 0.25) is 5.91 Å². The van der Waals surface area contributed by atoms with Crippen molar-refractivity contribution in [2.75, 3.05) is 19.6 Å². The van der Waals surface area contributed by atoms with E-state index in [0.29, 0.717) is 37.7 Å². The zero-order chi connectivity index (χ0) is 22.2. The molecule has 1 saturated heterocycles. The smallest absolute Gasteiger partial charge is 0.410 e. The normalized spacial score (nSPS) is 14.1. The molecular weight excluding hydrogens is 400 g/mol. The quantitative estimate of drug-likeness (QED) is 0.606. The second-order valence-corrected chi connectivity index (χ2v) is 8.16. The average molecular weight is 429 g/mol. The summed E-state index contributed by atoms with van der Waals surface area (Å²) in [5.74, 6) is 0.965. The first kappa shape index (κ1) is 21.6. The standard InChI is InChI=1S/C27H28N2O3/c30-26(19-21-11-13-24(14-12-21)23-7-3-1-4-8-23)28-20-22-15-17-29(18-16-22)27(31)32-25-9-5-2-6-10-25/h1-14,22H,15-20H2,(H,28,30). The number of likely N-dealkylation sites (tertiary alicyclic amines) is 1. The zero-order valence-corrected chi connectivity index (χ0v) is 18.1. The van der Waals surface area contributed by atoms with Crippen LogP contribution in [0.4, 0.5) is 4.79 Å². The van der Waals surface area contributed by atoms with E-state index in [-0.39, 0.29) is 12.0 Å². The lowest BCUT2D eigenvalue weighted by atomic mass is 9.97. The number of rotatable bonds is 6. The van der Waals surface area contributed by atoms with Gasteiger partial charge in [0.15, 0.2) is 0 Å². The summed E-state index contributed by atoms with van der Waals surface area (Å²) in [4.78, 5) is 26.4. The number of benzene rings is 3. The Morgan fingerprint density at radius 3 is 2.06 bits per heavy atom. The Labute approximate surface area is 189 Å². The van der Waals surface area contributed by atoms with Gasteiger partial charge in [-0.15, -0.1) is 0 Å². The van der Waals surface area contributed by atoms with Crippen molar-refractivity contribution < 1.29 is 14.3 Å². The molecule has 3 aromatic rings. The largest absolute Gasteiger partial charge is 0.415 e. The third-order valence-corrected chi connectivity index (χ3v) is 5.83. The van der Waals surface area contributed by atoms with Gasteiger partial charge in [0.1, 0.15) is 5.75 Å². The first-order valence-electron chi connectivity index (χ1n) is 11.1. The summed E-state index contributed by atoms with van der Waals surface area (Å²) in [7, 11) is 0. The van der Waals surface area contributed by atoms with Crippen LogP contribution in [0.2, 0.25) is 0 Å². The van der Waals surface area contributed by atoms with Gasteiger partial charge in [-0.1, -0.05) is 72.8 Å². The molecule has 0 spiro atoms. The molecule has 32 heavy (non-hydrogen) atoms. The van der Waals surface area contributed by atoms with Crippen molar-refractivity contribution in [1.29, 1.82) is 0 Å². The van der Waals surface area contributed by atoms with E-state index in [2.05, 4.69) is 29.6 Å². The fourth-order valence-corrected chi connectivity index (χ4v) is 3.93. The van der Waals surface area contributed by atoms with Gasteiger partial charge in [-0.3, -0.25) is 4.79 Å². The number of piperidine rings is 1. The maximum atomic E-state index is 12.4. The second-order valence-electron chi connectivity index (χ2n) is 8.16. The molecule has 164 valence electrons. The number of para-hydroxylation sites is 1.